The molecule has 0 amide bonds. The summed E-state index contributed by atoms with van der Waals surface area (Å²) in [6.45, 7) is 1.41. The molecular formula is C10H7F3N2O2. The number of esters is 1. The zero-order valence-electron chi connectivity index (χ0n) is 8.71. The molecule has 1 aromatic rings. The van der Waals surface area contributed by atoms with Gasteiger partial charge in [0.2, 0.25) is 0 Å². The number of carbonyl (C=O) groups excluding carboxylic acids is 1. The Kier molecular flexibility index (Phi) is 4.04. The van der Waals surface area contributed by atoms with Gasteiger partial charge in [0.15, 0.2) is 5.82 Å². The molecular weight excluding hydrogens is 237 g/mol. The lowest BCUT2D eigenvalue weighted by Crippen LogP contribution is -2.13. The standard InChI is InChI=1S/C10H7F3N2O2/c1-2-17-10(16)6-5(3-14)4-15-8(7(6)11)9(12)13/h4,9H,2H2,1H3. The Labute approximate surface area is 94.6 Å². The topological polar surface area (TPSA) is 63.0 Å². The third-order valence-corrected chi connectivity index (χ3v) is 1.85. The van der Waals surface area contributed by atoms with Crippen LogP contribution < -0.4 is 0 Å². The third-order valence-electron chi connectivity index (χ3n) is 1.85. The van der Waals surface area contributed by atoms with Crippen LogP contribution in [0.25, 0.3) is 0 Å². The fraction of sp³-hybridized carbons (Fsp3) is 0.300. The van der Waals surface area contributed by atoms with Gasteiger partial charge in [-0.25, -0.2) is 18.0 Å². The number of carbonyl (C=O) groups is 1. The molecule has 4 nitrogen and oxygen atoms in total. The Hall–Kier alpha value is -2.10. The van der Waals surface area contributed by atoms with Crippen LogP contribution in [0.1, 0.15) is 35.0 Å². The molecule has 0 radical (unpaired) electrons. The second-order valence-corrected chi connectivity index (χ2v) is 2.88. The highest BCUT2D eigenvalue weighted by atomic mass is 19.3. The predicted octanol–water partition coefficient (Wildman–Crippen LogP) is 2.21. The summed E-state index contributed by atoms with van der Waals surface area (Å²) in [4.78, 5) is 14.4. The summed E-state index contributed by atoms with van der Waals surface area (Å²) < 4.78 is 42.7. The van der Waals surface area contributed by atoms with E-state index < -0.39 is 35.0 Å². The Balaban J connectivity index is 3.39. The monoisotopic (exact) mass is 244 g/mol. The molecule has 1 aromatic heterocycles. The summed E-state index contributed by atoms with van der Waals surface area (Å²) in [6, 6.07) is 1.49. The van der Waals surface area contributed by atoms with Crippen LogP contribution in [0.3, 0.4) is 0 Å². The number of halogens is 3. The molecule has 1 heterocycles. The molecule has 0 aromatic carbocycles. The highest BCUT2D eigenvalue weighted by molar-refractivity contribution is 5.92. The van der Waals surface area contributed by atoms with Gasteiger partial charge in [-0.05, 0) is 6.92 Å². The van der Waals surface area contributed by atoms with Gasteiger partial charge >= 0.3 is 5.97 Å². The van der Waals surface area contributed by atoms with Crippen LogP contribution in [-0.2, 0) is 4.74 Å². The number of rotatable bonds is 3. The van der Waals surface area contributed by atoms with Gasteiger partial charge in [0.1, 0.15) is 17.3 Å². The summed E-state index contributed by atoms with van der Waals surface area (Å²) in [5.74, 6) is -2.68. The van der Waals surface area contributed by atoms with Crippen LogP contribution in [0.2, 0.25) is 0 Å². The van der Waals surface area contributed by atoms with Crippen molar-refractivity contribution in [3.05, 3.63) is 28.8 Å². The average molecular weight is 244 g/mol. The van der Waals surface area contributed by atoms with Crippen molar-refractivity contribution >= 4 is 5.97 Å². The minimum absolute atomic E-state index is 0.0600. The van der Waals surface area contributed by atoms with Crippen LogP contribution in [-0.4, -0.2) is 17.6 Å². The normalized spacial score (nSPS) is 10.1. The van der Waals surface area contributed by atoms with Crippen molar-refractivity contribution in [1.29, 1.82) is 5.26 Å². The van der Waals surface area contributed by atoms with Crippen molar-refractivity contribution in [3.63, 3.8) is 0 Å². The number of hydrogen-bond acceptors (Lipinski definition) is 4. The molecule has 0 saturated heterocycles. The van der Waals surface area contributed by atoms with E-state index in [0.29, 0.717) is 0 Å². The number of hydrogen-bond donors (Lipinski definition) is 0. The number of nitrogens with zero attached hydrogens (tertiary/aromatic N) is 2. The van der Waals surface area contributed by atoms with Crippen LogP contribution in [0.15, 0.2) is 6.20 Å². The van der Waals surface area contributed by atoms with E-state index >= 15 is 0 Å². The number of alkyl halides is 2. The SMILES string of the molecule is CCOC(=O)c1c(C#N)cnc(C(F)F)c1F. The molecule has 0 aliphatic carbocycles. The Morgan fingerprint density at radius 3 is 2.76 bits per heavy atom. The van der Waals surface area contributed by atoms with Gasteiger partial charge in [0.25, 0.3) is 6.43 Å². The lowest BCUT2D eigenvalue weighted by atomic mass is 10.1. The molecule has 7 heteroatoms. The van der Waals surface area contributed by atoms with E-state index in [0.717, 1.165) is 6.20 Å². The largest absolute Gasteiger partial charge is 0.462 e. The van der Waals surface area contributed by atoms with Crippen molar-refractivity contribution in [2.24, 2.45) is 0 Å². The number of aromatic nitrogens is 1. The molecule has 0 saturated carbocycles. The van der Waals surface area contributed by atoms with Gasteiger partial charge < -0.3 is 4.74 Å². The maximum atomic E-state index is 13.6. The van der Waals surface area contributed by atoms with Crippen LogP contribution in [0, 0.1) is 17.1 Å². The number of ether oxygens (including phenoxy) is 1. The molecule has 0 unspecified atom stereocenters. The van der Waals surface area contributed by atoms with Crippen LogP contribution in [0.5, 0.6) is 0 Å². The molecule has 90 valence electrons. The van der Waals surface area contributed by atoms with Crippen LogP contribution >= 0.6 is 0 Å². The molecule has 0 aliphatic rings. The summed E-state index contributed by atoms with van der Waals surface area (Å²) in [7, 11) is 0. The van der Waals surface area contributed by atoms with E-state index in [1.54, 1.807) is 0 Å². The molecule has 0 atom stereocenters. The second-order valence-electron chi connectivity index (χ2n) is 2.88. The maximum Gasteiger partial charge on any atom is 0.342 e. The van der Waals surface area contributed by atoms with Crippen molar-refractivity contribution < 1.29 is 22.7 Å². The highest BCUT2D eigenvalue weighted by Gasteiger charge is 2.26. The van der Waals surface area contributed by atoms with E-state index in [-0.39, 0.29) is 6.61 Å². The molecule has 1 rings (SSSR count). The van der Waals surface area contributed by atoms with Gasteiger partial charge in [-0.15, -0.1) is 0 Å². The quantitative estimate of drug-likeness (QED) is 0.764. The second kappa shape index (κ2) is 5.30. The molecule has 0 N–H and O–H groups in total. The minimum atomic E-state index is -3.17. The van der Waals surface area contributed by atoms with Crippen molar-refractivity contribution in [1.82, 2.24) is 4.98 Å². The van der Waals surface area contributed by atoms with E-state index in [2.05, 4.69) is 9.72 Å². The van der Waals surface area contributed by atoms with E-state index in [1.807, 2.05) is 0 Å². The smallest absolute Gasteiger partial charge is 0.342 e. The summed E-state index contributed by atoms with van der Waals surface area (Å²) in [6.07, 6.45) is -2.45. The van der Waals surface area contributed by atoms with E-state index in [9.17, 15) is 18.0 Å². The van der Waals surface area contributed by atoms with E-state index in [1.165, 1.54) is 13.0 Å². The molecule has 0 bridgehead atoms. The van der Waals surface area contributed by atoms with Crippen LogP contribution in [0.4, 0.5) is 13.2 Å². The fourth-order valence-electron chi connectivity index (χ4n) is 1.14. The zero-order chi connectivity index (χ0) is 13.0. The molecule has 0 fully saturated rings. The summed E-state index contributed by atoms with van der Waals surface area (Å²) in [5, 5.41) is 8.64. The lowest BCUT2D eigenvalue weighted by Gasteiger charge is -2.07. The zero-order valence-corrected chi connectivity index (χ0v) is 8.71. The summed E-state index contributed by atoms with van der Waals surface area (Å²) >= 11 is 0. The highest BCUT2D eigenvalue weighted by Crippen LogP contribution is 2.24. The van der Waals surface area contributed by atoms with Crippen molar-refractivity contribution in [2.45, 2.75) is 13.3 Å². The summed E-state index contributed by atoms with van der Waals surface area (Å²) in [5.41, 5.74) is -2.42. The third kappa shape index (κ3) is 2.53. The fourth-order valence-corrected chi connectivity index (χ4v) is 1.14. The van der Waals surface area contributed by atoms with Gasteiger partial charge in [-0.2, -0.15) is 5.26 Å². The molecule has 0 aliphatic heterocycles. The first-order chi connectivity index (χ1) is 8.02. The van der Waals surface area contributed by atoms with Crippen molar-refractivity contribution in [3.8, 4) is 6.07 Å². The van der Waals surface area contributed by atoms with Gasteiger partial charge in [0, 0.05) is 6.20 Å². The first-order valence-electron chi connectivity index (χ1n) is 4.56. The number of pyridine rings is 1. The molecule has 17 heavy (non-hydrogen) atoms. The first-order valence-corrected chi connectivity index (χ1v) is 4.56. The lowest BCUT2D eigenvalue weighted by molar-refractivity contribution is 0.0518. The average Bonchev–Trinajstić information content (AvgIpc) is 2.27. The van der Waals surface area contributed by atoms with Gasteiger partial charge in [-0.1, -0.05) is 0 Å². The first kappa shape index (κ1) is 13.0. The molecule has 0 spiro atoms. The minimum Gasteiger partial charge on any atom is -0.462 e. The Morgan fingerprint density at radius 2 is 2.29 bits per heavy atom. The number of nitriles is 1. The Bertz CT molecular complexity index is 483. The maximum absolute atomic E-state index is 13.6. The van der Waals surface area contributed by atoms with E-state index in [4.69, 9.17) is 5.26 Å². The Morgan fingerprint density at radius 1 is 1.65 bits per heavy atom. The van der Waals surface area contributed by atoms with Gasteiger partial charge in [-0.3, -0.25) is 4.98 Å². The van der Waals surface area contributed by atoms with Crippen molar-refractivity contribution in [2.75, 3.05) is 6.61 Å². The predicted molar refractivity (Wildman–Crippen MR) is 49.8 cm³/mol. The van der Waals surface area contributed by atoms with Gasteiger partial charge in [0.05, 0.1) is 12.2 Å².